The summed E-state index contributed by atoms with van der Waals surface area (Å²) in [5.41, 5.74) is 8.35. The lowest BCUT2D eigenvalue weighted by molar-refractivity contribution is 0.668. The Labute approximate surface area is 251 Å². The van der Waals surface area contributed by atoms with Crippen molar-refractivity contribution in [3.8, 4) is 11.1 Å². The fraction of sp³-hybridized carbons (Fsp3) is 0. The zero-order valence-electron chi connectivity index (χ0n) is 23.1. The van der Waals surface area contributed by atoms with Gasteiger partial charge in [-0.25, -0.2) is 0 Å². The van der Waals surface area contributed by atoms with Crippen LogP contribution in [0.5, 0.6) is 0 Å². The first-order valence-electron chi connectivity index (χ1n) is 14.4. The molecule has 0 aliphatic carbocycles. The van der Waals surface area contributed by atoms with Crippen molar-refractivity contribution < 1.29 is 4.42 Å². The van der Waals surface area contributed by atoms with E-state index in [0.717, 1.165) is 44.5 Å². The minimum absolute atomic E-state index is 0.819. The summed E-state index contributed by atoms with van der Waals surface area (Å²) >= 11 is 1.85. The molecule has 0 spiro atoms. The van der Waals surface area contributed by atoms with Gasteiger partial charge in [-0.15, -0.1) is 11.3 Å². The molecular weight excluding hydrogens is 545 g/mol. The molecule has 0 unspecified atom stereocenters. The van der Waals surface area contributed by atoms with Gasteiger partial charge in [-0.2, -0.15) is 0 Å². The number of aromatic nitrogens is 1. The number of para-hydroxylation sites is 1. The van der Waals surface area contributed by atoms with Crippen LogP contribution in [-0.4, -0.2) is 4.98 Å². The number of hydrogen-bond acceptors (Lipinski definition) is 4. The van der Waals surface area contributed by atoms with Gasteiger partial charge in [0, 0.05) is 43.4 Å². The number of hydrogen-bond donors (Lipinski definition) is 0. The smallest absolute Gasteiger partial charge is 0.153 e. The minimum atomic E-state index is 0.819. The van der Waals surface area contributed by atoms with Gasteiger partial charge in [-0.1, -0.05) is 72.8 Å². The van der Waals surface area contributed by atoms with Crippen molar-refractivity contribution in [2.24, 2.45) is 0 Å². The van der Waals surface area contributed by atoms with Crippen LogP contribution in [0.25, 0.3) is 64.1 Å². The van der Waals surface area contributed by atoms with Crippen molar-refractivity contribution in [1.29, 1.82) is 0 Å². The van der Waals surface area contributed by atoms with E-state index in [0.29, 0.717) is 0 Å². The molecule has 0 amide bonds. The number of nitrogens with zero attached hydrogens (tertiary/aromatic N) is 2. The highest BCUT2D eigenvalue weighted by Gasteiger charge is 2.16. The molecule has 0 radical (unpaired) electrons. The van der Waals surface area contributed by atoms with Gasteiger partial charge >= 0.3 is 0 Å². The molecule has 9 rings (SSSR count). The standard InChI is InChI=1S/C39H24N2OS/c1-2-7-28(8-3-1)41(30-18-20-33-32-9-4-5-11-36(32)43-37(33)24-30)29-16-12-25(13-17-29)26-14-19-31-27(23-26)15-21-34-38(31)39-35(42-34)10-6-22-40-39/h1-24H. The lowest BCUT2D eigenvalue weighted by Gasteiger charge is -2.25. The van der Waals surface area contributed by atoms with Crippen LogP contribution in [-0.2, 0) is 0 Å². The average Bonchev–Trinajstić information content (AvgIpc) is 3.64. The summed E-state index contributed by atoms with van der Waals surface area (Å²) in [7, 11) is 0. The molecule has 0 bridgehead atoms. The first-order valence-corrected chi connectivity index (χ1v) is 15.2. The van der Waals surface area contributed by atoms with Crippen molar-refractivity contribution in [3.63, 3.8) is 0 Å². The first-order chi connectivity index (χ1) is 21.3. The van der Waals surface area contributed by atoms with Crippen LogP contribution in [0, 0.1) is 0 Å². The Bertz CT molecular complexity index is 2460. The maximum atomic E-state index is 6.06. The molecular formula is C39H24N2OS. The zero-order valence-corrected chi connectivity index (χ0v) is 23.9. The lowest BCUT2D eigenvalue weighted by Crippen LogP contribution is -2.09. The summed E-state index contributed by atoms with van der Waals surface area (Å²) in [6, 6.07) is 49.7. The molecule has 3 nitrogen and oxygen atoms in total. The van der Waals surface area contributed by atoms with Crippen LogP contribution >= 0.6 is 11.3 Å². The highest BCUT2D eigenvalue weighted by molar-refractivity contribution is 7.25. The number of benzene rings is 6. The van der Waals surface area contributed by atoms with E-state index in [-0.39, 0.29) is 0 Å². The summed E-state index contributed by atoms with van der Waals surface area (Å²) in [6.07, 6.45) is 1.82. The quantitative estimate of drug-likeness (QED) is 0.211. The fourth-order valence-corrected chi connectivity index (χ4v) is 7.42. The normalized spacial score (nSPS) is 11.7. The van der Waals surface area contributed by atoms with Crippen LogP contribution in [0.2, 0.25) is 0 Å². The summed E-state index contributed by atoms with van der Waals surface area (Å²) in [4.78, 5) is 6.94. The Morgan fingerprint density at radius 1 is 0.512 bits per heavy atom. The molecule has 3 aromatic heterocycles. The number of anilines is 3. The van der Waals surface area contributed by atoms with E-state index in [1.54, 1.807) is 0 Å². The van der Waals surface area contributed by atoms with Crippen LogP contribution in [0.3, 0.4) is 0 Å². The Morgan fingerprint density at radius 3 is 2.16 bits per heavy atom. The number of fused-ring (bicyclic) bond motifs is 8. The van der Waals surface area contributed by atoms with E-state index in [2.05, 4.69) is 137 Å². The Balaban J connectivity index is 1.13. The fourth-order valence-electron chi connectivity index (χ4n) is 6.28. The van der Waals surface area contributed by atoms with Gasteiger partial charge in [0.2, 0.25) is 0 Å². The molecule has 0 saturated carbocycles. The van der Waals surface area contributed by atoms with Crippen LogP contribution in [0.15, 0.2) is 150 Å². The van der Waals surface area contributed by atoms with Crippen LogP contribution in [0.4, 0.5) is 17.1 Å². The van der Waals surface area contributed by atoms with E-state index in [4.69, 9.17) is 4.42 Å². The third-order valence-electron chi connectivity index (χ3n) is 8.30. The molecule has 0 saturated heterocycles. The molecule has 0 aliphatic heterocycles. The van der Waals surface area contributed by atoms with Crippen molar-refractivity contribution in [2.45, 2.75) is 0 Å². The van der Waals surface area contributed by atoms with Gasteiger partial charge < -0.3 is 9.32 Å². The predicted octanol–water partition coefficient (Wildman–Crippen LogP) is 11.6. The SMILES string of the molecule is c1ccc(N(c2ccc(-c3ccc4c(ccc5oc6cccnc6c54)c3)cc2)c2ccc3c(c2)sc2ccccc23)cc1. The van der Waals surface area contributed by atoms with Gasteiger partial charge in [0.05, 0.1) is 5.39 Å². The van der Waals surface area contributed by atoms with Crippen molar-refractivity contribution in [1.82, 2.24) is 4.98 Å². The van der Waals surface area contributed by atoms with E-state index < -0.39 is 0 Å². The van der Waals surface area contributed by atoms with Gasteiger partial charge in [0.25, 0.3) is 0 Å². The molecule has 43 heavy (non-hydrogen) atoms. The van der Waals surface area contributed by atoms with Gasteiger partial charge in [0.15, 0.2) is 5.58 Å². The Hall–Kier alpha value is -5.45. The Morgan fingerprint density at radius 2 is 1.26 bits per heavy atom. The number of furan rings is 1. The van der Waals surface area contributed by atoms with Gasteiger partial charge in [-0.05, 0) is 88.6 Å². The number of pyridine rings is 1. The molecule has 4 heteroatoms. The molecule has 3 heterocycles. The average molecular weight is 569 g/mol. The molecule has 202 valence electrons. The summed E-state index contributed by atoms with van der Waals surface area (Å²) in [5.74, 6) is 0. The van der Waals surface area contributed by atoms with E-state index in [1.165, 1.54) is 36.7 Å². The second kappa shape index (κ2) is 9.55. The molecule has 0 fully saturated rings. The molecule has 0 N–H and O–H groups in total. The number of rotatable bonds is 4. The zero-order chi connectivity index (χ0) is 28.3. The van der Waals surface area contributed by atoms with E-state index in [1.807, 2.05) is 29.7 Å². The summed E-state index contributed by atoms with van der Waals surface area (Å²) < 4.78 is 8.67. The van der Waals surface area contributed by atoms with E-state index >= 15 is 0 Å². The molecule has 6 aromatic carbocycles. The first kappa shape index (κ1) is 24.2. The summed E-state index contributed by atoms with van der Waals surface area (Å²) in [5, 5.41) is 6.02. The third kappa shape index (κ3) is 3.92. The third-order valence-corrected chi connectivity index (χ3v) is 9.44. The van der Waals surface area contributed by atoms with Crippen LogP contribution < -0.4 is 4.90 Å². The minimum Gasteiger partial charge on any atom is -0.454 e. The van der Waals surface area contributed by atoms with E-state index in [9.17, 15) is 0 Å². The second-order valence-corrected chi connectivity index (χ2v) is 11.9. The maximum absolute atomic E-state index is 6.06. The highest BCUT2D eigenvalue weighted by Crippen LogP contribution is 2.41. The second-order valence-electron chi connectivity index (χ2n) is 10.8. The van der Waals surface area contributed by atoms with Crippen LogP contribution in [0.1, 0.15) is 0 Å². The van der Waals surface area contributed by atoms with Crippen molar-refractivity contribution in [2.75, 3.05) is 4.90 Å². The Kier molecular flexibility index (Phi) is 5.37. The summed E-state index contributed by atoms with van der Waals surface area (Å²) in [6.45, 7) is 0. The highest BCUT2D eigenvalue weighted by atomic mass is 32.1. The molecule has 0 aliphatic rings. The number of thiophene rings is 1. The predicted molar refractivity (Wildman–Crippen MR) is 182 cm³/mol. The largest absolute Gasteiger partial charge is 0.454 e. The maximum Gasteiger partial charge on any atom is 0.153 e. The molecule has 0 atom stereocenters. The van der Waals surface area contributed by atoms with Crippen molar-refractivity contribution >= 4 is 81.4 Å². The van der Waals surface area contributed by atoms with Gasteiger partial charge in [0.1, 0.15) is 11.1 Å². The topological polar surface area (TPSA) is 29.3 Å². The van der Waals surface area contributed by atoms with Crippen molar-refractivity contribution in [3.05, 3.63) is 146 Å². The monoisotopic (exact) mass is 568 g/mol. The van der Waals surface area contributed by atoms with Gasteiger partial charge in [-0.3, -0.25) is 4.98 Å². The molecule has 9 aromatic rings. The lowest BCUT2D eigenvalue weighted by atomic mass is 9.99.